The van der Waals surface area contributed by atoms with Gasteiger partial charge in [-0.2, -0.15) is 0 Å². The summed E-state index contributed by atoms with van der Waals surface area (Å²) in [6.07, 6.45) is 8.46. The van der Waals surface area contributed by atoms with Crippen molar-refractivity contribution in [2.75, 3.05) is 0 Å². The summed E-state index contributed by atoms with van der Waals surface area (Å²) in [4.78, 5) is 4.47. The molecule has 0 saturated carbocycles. The van der Waals surface area contributed by atoms with Gasteiger partial charge in [-0.05, 0) is 96.4 Å². The summed E-state index contributed by atoms with van der Waals surface area (Å²) < 4.78 is 0. The highest BCUT2D eigenvalue weighted by Gasteiger charge is 2.31. The van der Waals surface area contributed by atoms with Gasteiger partial charge in [-0.25, -0.2) is 0 Å². The van der Waals surface area contributed by atoms with Crippen molar-refractivity contribution in [3.05, 3.63) is 88.2 Å². The molecule has 0 fully saturated rings. The van der Waals surface area contributed by atoms with Crippen molar-refractivity contribution in [2.45, 2.75) is 99.0 Å². The fourth-order valence-electron chi connectivity index (χ4n) is 5.35. The van der Waals surface area contributed by atoms with Gasteiger partial charge in [0.05, 0.1) is 6.10 Å². The Bertz CT molecular complexity index is 1130. The quantitative estimate of drug-likeness (QED) is 0.340. The van der Waals surface area contributed by atoms with Gasteiger partial charge in [0, 0.05) is 23.4 Å². The molecule has 2 heteroatoms. The Morgan fingerprint density at radius 3 is 2.00 bits per heavy atom. The van der Waals surface area contributed by atoms with Crippen molar-refractivity contribution >= 4 is 0 Å². The van der Waals surface area contributed by atoms with Gasteiger partial charge in [-0.15, -0.1) is 0 Å². The van der Waals surface area contributed by atoms with Gasteiger partial charge in [-0.3, -0.25) is 4.98 Å². The first-order chi connectivity index (χ1) is 16.6. The largest absolute Gasteiger partial charge is 0.393 e. The number of hydrogen-bond donors (Lipinski definition) is 1. The van der Waals surface area contributed by atoms with E-state index in [0.717, 1.165) is 32.1 Å². The van der Waals surface area contributed by atoms with E-state index in [9.17, 15) is 5.11 Å². The Morgan fingerprint density at radius 1 is 0.829 bits per heavy atom. The zero-order valence-electron chi connectivity index (χ0n) is 23.2. The van der Waals surface area contributed by atoms with Gasteiger partial charge in [0.1, 0.15) is 0 Å². The predicted octanol–water partition coefficient (Wildman–Crippen LogP) is 8.37. The molecule has 2 nitrogen and oxygen atoms in total. The molecule has 1 N–H and O–H groups in total. The van der Waals surface area contributed by atoms with Crippen LogP contribution in [0.25, 0.3) is 11.1 Å². The van der Waals surface area contributed by atoms with Crippen LogP contribution in [0.2, 0.25) is 0 Å². The van der Waals surface area contributed by atoms with E-state index in [2.05, 4.69) is 103 Å². The number of pyridine rings is 1. The third-order valence-electron chi connectivity index (χ3n) is 8.08. The van der Waals surface area contributed by atoms with Gasteiger partial charge >= 0.3 is 0 Å². The molecule has 1 atom stereocenters. The molecule has 0 radical (unpaired) electrons. The molecule has 1 heterocycles. The fourth-order valence-corrected chi connectivity index (χ4v) is 5.35. The van der Waals surface area contributed by atoms with E-state index < -0.39 is 0 Å². The zero-order valence-corrected chi connectivity index (χ0v) is 23.2. The topological polar surface area (TPSA) is 33.1 Å². The predicted molar refractivity (Wildman–Crippen MR) is 150 cm³/mol. The lowest BCUT2D eigenvalue weighted by molar-refractivity contribution is 0.0560. The third kappa shape index (κ3) is 5.86. The molecule has 0 amide bonds. The first-order valence-electron chi connectivity index (χ1n) is 13.4. The number of rotatable bonds is 9. The lowest BCUT2D eigenvalue weighted by Crippen LogP contribution is -2.27. The summed E-state index contributed by atoms with van der Waals surface area (Å²) >= 11 is 0. The second-order valence-corrected chi connectivity index (χ2v) is 11.3. The van der Waals surface area contributed by atoms with Crippen molar-refractivity contribution in [3.63, 3.8) is 0 Å². The van der Waals surface area contributed by atoms with Crippen LogP contribution in [0.3, 0.4) is 0 Å². The van der Waals surface area contributed by atoms with Crippen LogP contribution in [-0.2, 0) is 18.3 Å². The van der Waals surface area contributed by atoms with E-state index in [0.29, 0.717) is 0 Å². The minimum Gasteiger partial charge on any atom is -0.393 e. The number of hydrogen-bond acceptors (Lipinski definition) is 2. The van der Waals surface area contributed by atoms with E-state index in [1.807, 2.05) is 12.4 Å². The van der Waals surface area contributed by atoms with Crippen LogP contribution >= 0.6 is 0 Å². The van der Waals surface area contributed by atoms with Crippen LogP contribution in [0, 0.1) is 19.3 Å². The highest BCUT2D eigenvalue weighted by atomic mass is 16.3. The maximum atomic E-state index is 10.5. The van der Waals surface area contributed by atoms with Crippen LogP contribution in [-0.4, -0.2) is 16.2 Å². The molecule has 2 aromatic carbocycles. The number of aliphatic hydroxyl groups excluding tert-OH is 1. The Hall–Kier alpha value is -2.45. The van der Waals surface area contributed by atoms with Crippen LogP contribution in [0.1, 0.15) is 94.2 Å². The number of nitrogens with zero attached hydrogens (tertiary/aromatic N) is 1. The lowest BCUT2D eigenvalue weighted by Gasteiger charge is -2.34. The van der Waals surface area contributed by atoms with Crippen LogP contribution in [0.15, 0.2) is 54.9 Å². The van der Waals surface area contributed by atoms with E-state index in [1.165, 1.54) is 44.5 Å². The number of benzene rings is 2. The summed E-state index contributed by atoms with van der Waals surface area (Å²) in [6.45, 7) is 17.6. The zero-order chi connectivity index (χ0) is 25.8. The summed E-state index contributed by atoms with van der Waals surface area (Å²) in [5.41, 5.74) is 10.4. The molecule has 0 saturated heterocycles. The molecule has 1 aromatic heterocycles. The molecule has 0 aliphatic heterocycles. The number of aliphatic hydroxyl groups is 1. The molecule has 3 rings (SSSR count). The molecular weight excluding hydrogens is 426 g/mol. The molecule has 3 aromatic rings. The van der Waals surface area contributed by atoms with E-state index in [-0.39, 0.29) is 16.9 Å². The van der Waals surface area contributed by atoms with Crippen molar-refractivity contribution in [2.24, 2.45) is 5.41 Å². The van der Waals surface area contributed by atoms with E-state index in [1.54, 1.807) is 0 Å². The Labute approximate surface area is 213 Å². The van der Waals surface area contributed by atoms with Crippen molar-refractivity contribution in [1.82, 2.24) is 4.98 Å². The number of aromatic nitrogens is 1. The maximum Gasteiger partial charge on any atom is 0.0591 e. The summed E-state index contributed by atoms with van der Waals surface area (Å²) in [6, 6.07) is 16.3. The van der Waals surface area contributed by atoms with Crippen molar-refractivity contribution in [3.8, 4) is 11.1 Å². The lowest BCUT2D eigenvalue weighted by atomic mass is 9.69. The molecule has 188 valence electrons. The van der Waals surface area contributed by atoms with Gasteiger partial charge in [-0.1, -0.05) is 77.9 Å². The van der Waals surface area contributed by atoms with E-state index >= 15 is 0 Å². The minimum absolute atomic E-state index is 0.0129. The maximum absolute atomic E-state index is 10.5. The molecule has 0 aliphatic rings. The minimum atomic E-state index is -0.290. The molecule has 35 heavy (non-hydrogen) atoms. The second-order valence-electron chi connectivity index (χ2n) is 11.3. The van der Waals surface area contributed by atoms with Crippen LogP contribution in [0.5, 0.6) is 0 Å². The summed E-state index contributed by atoms with van der Waals surface area (Å²) in [5, 5.41) is 10.5. The van der Waals surface area contributed by atoms with Gasteiger partial charge in [0.25, 0.3) is 0 Å². The van der Waals surface area contributed by atoms with Crippen molar-refractivity contribution in [1.29, 1.82) is 0 Å². The molecule has 1 unspecified atom stereocenters. The van der Waals surface area contributed by atoms with Gasteiger partial charge in [0.15, 0.2) is 0 Å². The molecule has 0 bridgehead atoms. The van der Waals surface area contributed by atoms with Gasteiger partial charge in [0.2, 0.25) is 0 Å². The monoisotopic (exact) mass is 471 g/mol. The SMILES string of the molecule is CCc1cncc(-c2ccc(C(CC)(CC)c3ccc(CCC(O)C(C)(C)C)c(C)c3)cc2C)c1. The van der Waals surface area contributed by atoms with E-state index in [4.69, 9.17) is 0 Å². The van der Waals surface area contributed by atoms with Gasteiger partial charge < -0.3 is 5.11 Å². The Kier molecular flexibility index (Phi) is 8.59. The summed E-state index contributed by atoms with van der Waals surface area (Å²) in [5.74, 6) is 0. The normalized spacial score (nSPS) is 13.2. The highest BCUT2D eigenvalue weighted by Crippen LogP contribution is 2.41. The Morgan fingerprint density at radius 2 is 1.46 bits per heavy atom. The van der Waals surface area contributed by atoms with Crippen molar-refractivity contribution < 1.29 is 5.11 Å². The first kappa shape index (κ1) is 27.1. The molecule has 0 spiro atoms. The average molecular weight is 472 g/mol. The van der Waals surface area contributed by atoms with Crippen LogP contribution in [0.4, 0.5) is 0 Å². The number of aryl methyl sites for hydroxylation is 4. The highest BCUT2D eigenvalue weighted by molar-refractivity contribution is 5.68. The average Bonchev–Trinajstić information content (AvgIpc) is 2.84. The molecular formula is C33H45NO. The third-order valence-corrected chi connectivity index (χ3v) is 8.08. The molecule has 0 aliphatic carbocycles. The first-order valence-corrected chi connectivity index (χ1v) is 13.4. The standard InChI is InChI=1S/C33H45NO/c1-9-25-20-27(22-34-21-25)30-16-15-29(19-24(30)5)33(10-2,11-3)28-14-12-26(23(4)18-28)13-17-31(35)32(6,7)8/h12,14-16,18-22,31,35H,9-11,13,17H2,1-8H3. The smallest absolute Gasteiger partial charge is 0.0591 e. The summed E-state index contributed by atoms with van der Waals surface area (Å²) in [7, 11) is 0. The second kappa shape index (κ2) is 11.1. The van der Waals surface area contributed by atoms with Crippen LogP contribution < -0.4 is 0 Å². The Balaban J connectivity index is 1.94. The fraction of sp³-hybridized carbons (Fsp3) is 0.485.